The molecule has 0 aliphatic heterocycles. The van der Waals surface area contributed by atoms with Crippen molar-refractivity contribution in [2.45, 2.75) is 12.8 Å². The first kappa shape index (κ1) is 21.3. The van der Waals surface area contributed by atoms with Gasteiger partial charge < -0.3 is 9.32 Å². The van der Waals surface area contributed by atoms with Gasteiger partial charge in [-0.1, -0.05) is 84.9 Å². The van der Waals surface area contributed by atoms with Gasteiger partial charge >= 0.3 is 0 Å². The van der Waals surface area contributed by atoms with Gasteiger partial charge in [0.15, 0.2) is 0 Å². The quantitative estimate of drug-likeness (QED) is 0.246. The smallest absolute Gasteiger partial charge is 0.136 e. The number of hydrogen-bond acceptors (Lipinski definition) is 2. The number of furan rings is 1. The van der Waals surface area contributed by atoms with Crippen LogP contribution in [0.3, 0.4) is 0 Å². The molecule has 0 saturated carbocycles. The Morgan fingerprint density at radius 1 is 0.579 bits per heavy atom. The van der Waals surface area contributed by atoms with Gasteiger partial charge in [-0.3, -0.25) is 0 Å². The molecule has 1 aromatic heterocycles. The first-order valence-electron chi connectivity index (χ1n) is 13.3. The zero-order valence-corrected chi connectivity index (χ0v) is 20.9. The van der Waals surface area contributed by atoms with Gasteiger partial charge in [0.2, 0.25) is 0 Å². The fourth-order valence-electron chi connectivity index (χ4n) is 6.17. The summed E-state index contributed by atoms with van der Waals surface area (Å²) in [6.45, 7) is 0. The SMILES string of the molecule is C1=Cc2c(N(c3ccccc3)c3ccc4oc5ccc6ccccc6c5c4c3)cc3ccccc3c2CC1. The lowest BCUT2D eigenvalue weighted by atomic mass is 9.89. The molecule has 2 nitrogen and oxygen atoms in total. The van der Waals surface area contributed by atoms with Crippen molar-refractivity contribution in [3.05, 3.63) is 132 Å². The fraction of sp³-hybridized carbons (Fsp3) is 0.0556. The maximum absolute atomic E-state index is 6.33. The van der Waals surface area contributed by atoms with Crippen molar-refractivity contribution in [2.24, 2.45) is 0 Å². The maximum atomic E-state index is 6.33. The van der Waals surface area contributed by atoms with E-state index in [1.165, 1.54) is 43.7 Å². The molecular weight excluding hydrogens is 462 g/mol. The summed E-state index contributed by atoms with van der Waals surface area (Å²) in [5.41, 5.74) is 8.04. The summed E-state index contributed by atoms with van der Waals surface area (Å²) in [6.07, 6.45) is 6.75. The lowest BCUT2D eigenvalue weighted by molar-refractivity contribution is 0.669. The molecule has 38 heavy (non-hydrogen) atoms. The van der Waals surface area contributed by atoms with Crippen molar-refractivity contribution >= 4 is 66.6 Å². The Kier molecular flexibility index (Phi) is 4.68. The second-order valence-electron chi connectivity index (χ2n) is 10.1. The third kappa shape index (κ3) is 3.20. The molecule has 0 amide bonds. The summed E-state index contributed by atoms with van der Waals surface area (Å²) in [6, 6.07) is 41.3. The molecule has 0 fully saturated rings. The van der Waals surface area contributed by atoms with Crippen LogP contribution in [0, 0.1) is 0 Å². The van der Waals surface area contributed by atoms with Gasteiger partial charge in [0.05, 0.1) is 5.69 Å². The van der Waals surface area contributed by atoms with Gasteiger partial charge in [0.25, 0.3) is 0 Å². The highest BCUT2D eigenvalue weighted by Crippen LogP contribution is 2.44. The molecule has 1 aliphatic rings. The van der Waals surface area contributed by atoms with E-state index in [1.807, 2.05) is 0 Å². The van der Waals surface area contributed by atoms with Crippen LogP contribution in [0.15, 0.2) is 126 Å². The van der Waals surface area contributed by atoms with Crippen LogP contribution in [0.2, 0.25) is 0 Å². The van der Waals surface area contributed by atoms with Crippen LogP contribution in [0.25, 0.3) is 49.6 Å². The summed E-state index contributed by atoms with van der Waals surface area (Å²) >= 11 is 0. The maximum Gasteiger partial charge on any atom is 0.136 e. The van der Waals surface area contributed by atoms with Crippen molar-refractivity contribution in [2.75, 3.05) is 4.90 Å². The van der Waals surface area contributed by atoms with Crippen molar-refractivity contribution in [3.8, 4) is 0 Å². The number of fused-ring (bicyclic) bond motifs is 8. The normalized spacial score (nSPS) is 12.9. The molecule has 0 radical (unpaired) electrons. The van der Waals surface area contributed by atoms with Gasteiger partial charge in [-0.05, 0) is 82.4 Å². The van der Waals surface area contributed by atoms with E-state index >= 15 is 0 Å². The Bertz CT molecular complexity index is 2030. The number of rotatable bonds is 3. The van der Waals surface area contributed by atoms with Gasteiger partial charge in [-0.2, -0.15) is 0 Å². The van der Waals surface area contributed by atoms with Crippen LogP contribution < -0.4 is 4.90 Å². The van der Waals surface area contributed by atoms with Crippen LogP contribution in [-0.4, -0.2) is 0 Å². The van der Waals surface area contributed by atoms with Crippen molar-refractivity contribution in [1.29, 1.82) is 0 Å². The highest BCUT2D eigenvalue weighted by molar-refractivity contribution is 6.19. The number of benzene rings is 6. The van der Waals surface area contributed by atoms with E-state index in [9.17, 15) is 0 Å². The summed E-state index contributed by atoms with van der Waals surface area (Å²) in [4.78, 5) is 2.41. The molecule has 1 heterocycles. The highest BCUT2D eigenvalue weighted by atomic mass is 16.3. The topological polar surface area (TPSA) is 16.4 Å². The first-order chi connectivity index (χ1) is 18.8. The summed E-state index contributed by atoms with van der Waals surface area (Å²) in [7, 11) is 0. The molecule has 2 heteroatoms. The van der Waals surface area contributed by atoms with Gasteiger partial charge in [0, 0.05) is 27.7 Å². The zero-order valence-electron chi connectivity index (χ0n) is 20.9. The molecular formula is C36H25NO. The number of anilines is 3. The molecule has 1 aliphatic carbocycles. The lowest BCUT2D eigenvalue weighted by Crippen LogP contribution is -2.13. The Labute approximate surface area is 221 Å². The van der Waals surface area contributed by atoms with E-state index in [2.05, 4.69) is 132 Å². The first-order valence-corrected chi connectivity index (χ1v) is 13.3. The predicted molar refractivity (Wildman–Crippen MR) is 161 cm³/mol. The molecule has 8 rings (SSSR count). The molecule has 7 aromatic rings. The van der Waals surface area contributed by atoms with Gasteiger partial charge in [-0.25, -0.2) is 0 Å². The standard InChI is InChI=1S/C36H25NO/c1-2-12-26(13-3-1)37(33-22-25-11-5-6-14-28(25)30-16-8-9-17-31(30)33)27-19-21-34-32(23-27)36-29-15-7-4-10-24(29)18-20-35(36)38-34/h1-7,9-15,17-23H,8,16H2. The van der Waals surface area contributed by atoms with Crippen LogP contribution in [-0.2, 0) is 6.42 Å². The van der Waals surface area contributed by atoms with E-state index in [0.29, 0.717) is 0 Å². The van der Waals surface area contributed by atoms with Crippen LogP contribution in [0.4, 0.5) is 17.1 Å². The van der Waals surface area contributed by atoms with Crippen LogP contribution in [0.1, 0.15) is 17.5 Å². The van der Waals surface area contributed by atoms with E-state index in [1.54, 1.807) is 0 Å². The average Bonchev–Trinajstić information content (AvgIpc) is 3.37. The summed E-state index contributed by atoms with van der Waals surface area (Å²) in [5.74, 6) is 0. The number of allylic oxidation sites excluding steroid dienone is 1. The van der Waals surface area contributed by atoms with Crippen LogP contribution in [0.5, 0.6) is 0 Å². The highest BCUT2D eigenvalue weighted by Gasteiger charge is 2.22. The molecule has 0 saturated heterocycles. The fourth-order valence-corrected chi connectivity index (χ4v) is 6.17. The monoisotopic (exact) mass is 487 g/mol. The molecule has 0 atom stereocenters. The average molecular weight is 488 g/mol. The minimum atomic E-state index is 0.911. The Hall–Kier alpha value is -4.82. The summed E-state index contributed by atoms with van der Waals surface area (Å²) in [5, 5.41) is 7.39. The van der Waals surface area contributed by atoms with Gasteiger partial charge in [0.1, 0.15) is 11.2 Å². The molecule has 0 unspecified atom stereocenters. The second-order valence-corrected chi connectivity index (χ2v) is 10.1. The third-order valence-corrected chi connectivity index (χ3v) is 7.88. The van der Waals surface area contributed by atoms with E-state index in [-0.39, 0.29) is 0 Å². The molecule has 0 spiro atoms. The second kappa shape index (κ2) is 8.36. The minimum Gasteiger partial charge on any atom is -0.456 e. The third-order valence-electron chi connectivity index (χ3n) is 7.88. The number of aryl methyl sites for hydroxylation is 1. The van der Waals surface area contributed by atoms with Crippen molar-refractivity contribution in [1.82, 2.24) is 0 Å². The van der Waals surface area contributed by atoms with E-state index in [0.717, 1.165) is 40.8 Å². The van der Waals surface area contributed by atoms with Gasteiger partial charge in [-0.15, -0.1) is 0 Å². The molecule has 0 bridgehead atoms. The van der Waals surface area contributed by atoms with Crippen molar-refractivity contribution < 1.29 is 4.42 Å². The Morgan fingerprint density at radius 2 is 1.34 bits per heavy atom. The molecule has 6 aromatic carbocycles. The Morgan fingerprint density at radius 3 is 2.24 bits per heavy atom. The predicted octanol–water partition coefficient (Wildman–Crippen LogP) is 10.3. The number of para-hydroxylation sites is 1. The molecule has 180 valence electrons. The summed E-state index contributed by atoms with van der Waals surface area (Å²) < 4.78 is 6.33. The van der Waals surface area contributed by atoms with E-state index < -0.39 is 0 Å². The number of hydrogen-bond donors (Lipinski definition) is 0. The zero-order chi connectivity index (χ0) is 25.1. The molecule has 0 N–H and O–H groups in total. The minimum absolute atomic E-state index is 0.911. The lowest BCUT2D eigenvalue weighted by Gasteiger charge is -2.30. The largest absolute Gasteiger partial charge is 0.456 e. The Balaban J connectivity index is 1.44. The van der Waals surface area contributed by atoms with E-state index in [4.69, 9.17) is 4.42 Å². The van der Waals surface area contributed by atoms with Crippen LogP contribution >= 0.6 is 0 Å². The number of nitrogens with zero attached hydrogens (tertiary/aromatic N) is 1. The van der Waals surface area contributed by atoms with Crippen molar-refractivity contribution in [3.63, 3.8) is 0 Å².